The molecule has 0 aromatic heterocycles. The van der Waals surface area contributed by atoms with Gasteiger partial charge in [-0.05, 0) is 32.4 Å². The maximum absolute atomic E-state index is 11.6. The Bertz CT molecular complexity index is 298. The number of unbranched alkanes of at least 4 members (excludes halogenated alkanes) is 14. The normalized spacial score (nSPS) is 11.0. The van der Waals surface area contributed by atoms with Gasteiger partial charge in [-0.25, -0.2) is 0 Å². The second-order valence-corrected chi connectivity index (χ2v) is 7.81. The number of hydrogen-bond acceptors (Lipinski definition) is 4. The zero-order chi connectivity index (χ0) is 19.8. The second-order valence-electron chi connectivity index (χ2n) is 7.81. The first-order chi connectivity index (χ1) is 13.3. The number of nitrogens with two attached hydrogens (primary N) is 1. The molecule has 0 rings (SSSR count). The molecule has 0 saturated heterocycles. The summed E-state index contributed by atoms with van der Waals surface area (Å²) in [6, 6.07) is 0. The van der Waals surface area contributed by atoms with Gasteiger partial charge in [0.15, 0.2) is 0 Å². The molecule has 162 valence electrons. The molecule has 0 aliphatic carbocycles. The molecule has 0 bridgehead atoms. The van der Waals surface area contributed by atoms with Gasteiger partial charge in [-0.15, -0.1) is 0 Å². The molecule has 0 aliphatic rings. The maximum Gasteiger partial charge on any atom is 0.307 e. The van der Waals surface area contributed by atoms with Crippen LogP contribution in [0.4, 0.5) is 0 Å². The number of rotatable bonds is 22. The first-order valence-corrected chi connectivity index (χ1v) is 11.9. The van der Waals surface area contributed by atoms with E-state index in [4.69, 9.17) is 10.5 Å². The predicted octanol–water partition coefficient (Wildman–Crippen LogP) is 5.73. The zero-order valence-corrected chi connectivity index (χ0v) is 18.2. The molecule has 0 radical (unpaired) electrons. The Morgan fingerprint density at radius 2 is 1.22 bits per heavy atom. The van der Waals surface area contributed by atoms with Crippen LogP contribution in [0, 0.1) is 0 Å². The van der Waals surface area contributed by atoms with Crippen molar-refractivity contribution in [3.63, 3.8) is 0 Å². The molecule has 0 atom stereocenters. The van der Waals surface area contributed by atoms with Gasteiger partial charge in [0, 0.05) is 6.54 Å². The van der Waals surface area contributed by atoms with Gasteiger partial charge in [0.25, 0.3) is 0 Å². The van der Waals surface area contributed by atoms with Gasteiger partial charge in [-0.1, -0.05) is 90.4 Å². The van der Waals surface area contributed by atoms with Crippen molar-refractivity contribution in [2.45, 2.75) is 116 Å². The van der Waals surface area contributed by atoms with Crippen molar-refractivity contribution in [3.8, 4) is 0 Å². The van der Waals surface area contributed by atoms with E-state index in [1.54, 1.807) is 0 Å². The van der Waals surface area contributed by atoms with E-state index in [-0.39, 0.29) is 5.97 Å². The summed E-state index contributed by atoms with van der Waals surface area (Å²) in [4.78, 5) is 11.6. The monoisotopic (exact) mass is 384 g/mol. The topological polar surface area (TPSA) is 64.3 Å². The first kappa shape index (κ1) is 26.4. The molecule has 0 saturated carbocycles. The summed E-state index contributed by atoms with van der Waals surface area (Å²) in [5, 5.41) is 3.25. The minimum absolute atomic E-state index is 0.0731. The van der Waals surface area contributed by atoms with E-state index in [9.17, 15) is 4.79 Å². The van der Waals surface area contributed by atoms with E-state index in [0.29, 0.717) is 19.6 Å². The van der Waals surface area contributed by atoms with E-state index in [1.807, 2.05) is 0 Å². The van der Waals surface area contributed by atoms with E-state index >= 15 is 0 Å². The van der Waals surface area contributed by atoms with E-state index in [1.165, 1.54) is 83.5 Å². The molecular formula is C23H48N2O2. The summed E-state index contributed by atoms with van der Waals surface area (Å²) in [6.45, 7) is 5.25. The van der Waals surface area contributed by atoms with Crippen LogP contribution in [0.15, 0.2) is 0 Å². The number of nitrogens with one attached hydrogen (secondary N) is 1. The van der Waals surface area contributed by atoms with Crippen LogP contribution in [-0.2, 0) is 9.53 Å². The average molecular weight is 385 g/mol. The molecule has 0 aromatic carbocycles. The molecule has 0 unspecified atom stereocenters. The fourth-order valence-corrected chi connectivity index (χ4v) is 3.26. The number of esters is 1. The summed E-state index contributed by atoms with van der Waals surface area (Å²) < 4.78 is 5.28. The van der Waals surface area contributed by atoms with Gasteiger partial charge in [0.2, 0.25) is 0 Å². The minimum atomic E-state index is -0.0731. The predicted molar refractivity (Wildman–Crippen MR) is 117 cm³/mol. The van der Waals surface area contributed by atoms with Crippen LogP contribution >= 0.6 is 0 Å². The highest BCUT2D eigenvalue weighted by atomic mass is 16.5. The lowest BCUT2D eigenvalue weighted by molar-refractivity contribution is -0.143. The lowest BCUT2D eigenvalue weighted by Crippen LogP contribution is -2.21. The second kappa shape index (κ2) is 23.4. The van der Waals surface area contributed by atoms with Crippen LogP contribution in [0.25, 0.3) is 0 Å². The Hall–Kier alpha value is -0.610. The molecule has 0 fully saturated rings. The quantitative estimate of drug-likeness (QED) is 0.185. The highest BCUT2D eigenvalue weighted by Crippen LogP contribution is 2.12. The van der Waals surface area contributed by atoms with Crippen LogP contribution in [-0.4, -0.2) is 32.2 Å². The molecule has 0 heterocycles. The van der Waals surface area contributed by atoms with Gasteiger partial charge in [-0.2, -0.15) is 0 Å². The SMILES string of the molecule is CCCCCCCCCCCCCCCCOC(=O)CCNCCCCN. The number of hydrogen-bond donors (Lipinski definition) is 2. The van der Waals surface area contributed by atoms with Crippen molar-refractivity contribution < 1.29 is 9.53 Å². The zero-order valence-electron chi connectivity index (χ0n) is 18.2. The molecule has 0 aromatic rings. The fraction of sp³-hybridized carbons (Fsp3) is 0.957. The summed E-state index contributed by atoms with van der Waals surface area (Å²) in [5.41, 5.74) is 5.44. The molecule has 27 heavy (non-hydrogen) atoms. The van der Waals surface area contributed by atoms with Crippen LogP contribution in [0.5, 0.6) is 0 Å². The van der Waals surface area contributed by atoms with Crippen LogP contribution in [0.3, 0.4) is 0 Å². The third kappa shape index (κ3) is 23.4. The number of carbonyl (C=O) groups excluding carboxylic acids is 1. The Morgan fingerprint density at radius 3 is 1.74 bits per heavy atom. The highest BCUT2D eigenvalue weighted by Gasteiger charge is 2.02. The summed E-state index contributed by atoms with van der Waals surface area (Å²) in [7, 11) is 0. The van der Waals surface area contributed by atoms with Crippen LogP contribution < -0.4 is 11.1 Å². The molecule has 3 N–H and O–H groups in total. The maximum atomic E-state index is 11.6. The Kier molecular flexibility index (Phi) is 22.9. The molecule has 4 nitrogen and oxygen atoms in total. The van der Waals surface area contributed by atoms with Crippen molar-refractivity contribution in [1.82, 2.24) is 5.32 Å². The standard InChI is InChI=1S/C23H48N2O2/c1-2-3-4-5-6-7-8-9-10-11-12-13-14-17-22-27-23(26)18-21-25-20-16-15-19-24/h25H,2-22,24H2,1H3. The average Bonchev–Trinajstić information content (AvgIpc) is 2.67. The van der Waals surface area contributed by atoms with Gasteiger partial charge >= 0.3 is 5.97 Å². The Labute approximate surface area is 169 Å². The highest BCUT2D eigenvalue weighted by molar-refractivity contribution is 5.69. The van der Waals surface area contributed by atoms with Gasteiger partial charge in [-0.3, -0.25) is 4.79 Å². The molecule has 4 heteroatoms. The number of ether oxygens (including phenoxy) is 1. The first-order valence-electron chi connectivity index (χ1n) is 11.9. The van der Waals surface area contributed by atoms with Crippen molar-refractivity contribution in [2.24, 2.45) is 5.73 Å². The van der Waals surface area contributed by atoms with E-state index in [0.717, 1.165) is 32.4 Å². The smallest absolute Gasteiger partial charge is 0.307 e. The number of carbonyl (C=O) groups is 1. The molecule has 0 aliphatic heterocycles. The lowest BCUT2D eigenvalue weighted by Gasteiger charge is -2.06. The fourth-order valence-electron chi connectivity index (χ4n) is 3.26. The molecular weight excluding hydrogens is 336 g/mol. The third-order valence-corrected chi connectivity index (χ3v) is 5.07. The third-order valence-electron chi connectivity index (χ3n) is 5.07. The molecule has 0 spiro atoms. The Balaban J connectivity index is 3.10. The van der Waals surface area contributed by atoms with Gasteiger partial charge < -0.3 is 15.8 Å². The Morgan fingerprint density at radius 1 is 0.704 bits per heavy atom. The van der Waals surface area contributed by atoms with Gasteiger partial charge in [0.1, 0.15) is 0 Å². The largest absolute Gasteiger partial charge is 0.466 e. The molecule has 0 amide bonds. The van der Waals surface area contributed by atoms with E-state index < -0.39 is 0 Å². The summed E-state index contributed by atoms with van der Waals surface area (Å²) >= 11 is 0. The van der Waals surface area contributed by atoms with Crippen molar-refractivity contribution in [3.05, 3.63) is 0 Å². The van der Waals surface area contributed by atoms with Crippen molar-refractivity contribution in [1.29, 1.82) is 0 Å². The lowest BCUT2D eigenvalue weighted by atomic mass is 10.0. The van der Waals surface area contributed by atoms with Crippen molar-refractivity contribution in [2.75, 3.05) is 26.2 Å². The van der Waals surface area contributed by atoms with E-state index in [2.05, 4.69) is 12.2 Å². The summed E-state index contributed by atoms with van der Waals surface area (Å²) in [5.74, 6) is -0.0731. The van der Waals surface area contributed by atoms with Crippen LogP contribution in [0.2, 0.25) is 0 Å². The van der Waals surface area contributed by atoms with Crippen LogP contribution in [0.1, 0.15) is 116 Å². The van der Waals surface area contributed by atoms with Crippen molar-refractivity contribution >= 4 is 5.97 Å². The summed E-state index contributed by atoms with van der Waals surface area (Å²) in [6.07, 6.45) is 21.4. The minimum Gasteiger partial charge on any atom is -0.466 e. The van der Waals surface area contributed by atoms with Gasteiger partial charge in [0.05, 0.1) is 13.0 Å².